The molecule has 6 heteroatoms. The smallest absolute Gasteiger partial charge is 0.339 e. The minimum absolute atomic E-state index is 0.124. The molecular weight excluding hydrogens is 246 g/mol. The maximum Gasteiger partial charge on any atom is 0.339 e. The Hall–Kier alpha value is -1.95. The zero-order valence-corrected chi connectivity index (χ0v) is 11.5. The molecule has 0 fully saturated rings. The van der Waals surface area contributed by atoms with E-state index in [0.717, 1.165) is 12.2 Å². The zero-order valence-electron chi connectivity index (χ0n) is 11.5. The fraction of sp³-hybridized carbons (Fsp3) is 0.462. The summed E-state index contributed by atoms with van der Waals surface area (Å²) in [5, 5.41) is 15.5. The molecule has 1 aromatic rings. The normalized spacial score (nSPS) is 10.1. The van der Waals surface area contributed by atoms with Crippen LogP contribution >= 0.6 is 0 Å². The first-order valence-electron chi connectivity index (χ1n) is 6.43. The van der Waals surface area contributed by atoms with Crippen molar-refractivity contribution >= 4 is 17.3 Å². The number of hydroxylamine groups is 1. The summed E-state index contributed by atoms with van der Waals surface area (Å²) in [6, 6.07) is 3.28. The topological polar surface area (TPSA) is 82.6 Å². The molecule has 0 saturated carbocycles. The molecule has 0 aliphatic heterocycles. The van der Waals surface area contributed by atoms with E-state index in [9.17, 15) is 9.90 Å². The predicted octanol–water partition coefficient (Wildman–Crippen LogP) is 2.15. The molecule has 0 aliphatic rings. The molecule has 0 heterocycles. The molecule has 0 radical (unpaired) electrons. The van der Waals surface area contributed by atoms with Gasteiger partial charge >= 0.3 is 5.97 Å². The lowest BCUT2D eigenvalue weighted by Crippen LogP contribution is -2.21. The molecule has 106 valence electrons. The highest BCUT2D eigenvalue weighted by Crippen LogP contribution is 2.36. The highest BCUT2D eigenvalue weighted by atomic mass is 16.6. The van der Waals surface area contributed by atoms with Crippen LogP contribution in [0.5, 0.6) is 5.75 Å². The third-order valence-electron chi connectivity index (χ3n) is 2.43. The van der Waals surface area contributed by atoms with Crippen LogP contribution in [0, 0.1) is 0 Å². The minimum atomic E-state index is -1.02. The molecule has 0 unspecified atom stereocenters. The predicted molar refractivity (Wildman–Crippen MR) is 76.0 cm³/mol. The van der Waals surface area contributed by atoms with E-state index >= 15 is 0 Å². The number of nitrogens with one attached hydrogen (secondary N) is 3. The van der Waals surface area contributed by atoms with E-state index in [4.69, 9.17) is 4.84 Å². The lowest BCUT2D eigenvalue weighted by Gasteiger charge is -2.18. The van der Waals surface area contributed by atoms with Crippen LogP contribution < -0.4 is 21.0 Å². The number of carbonyl (C=O) groups is 1. The molecule has 0 spiro atoms. The van der Waals surface area contributed by atoms with Crippen molar-refractivity contribution in [2.45, 2.75) is 20.8 Å². The van der Waals surface area contributed by atoms with Crippen LogP contribution in [-0.2, 0) is 0 Å². The molecule has 0 saturated heterocycles. The minimum Gasteiger partial charge on any atom is -0.478 e. The van der Waals surface area contributed by atoms with Crippen molar-refractivity contribution in [1.29, 1.82) is 0 Å². The number of carboxylic acid groups (broad SMARTS) is 1. The van der Waals surface area contributed by atoms with E-state index in [1.54, 1.807) is 6.07 Å². The van der Waals surface area contributed by atoms with Crippen LogP contribution in [0.2, 0.25) is 0 Å². The van der Waals surface area contributed by atoms with Crippen LogP contribution in [0.1, 0.15) is 31.1 Å². The van der Waals surface area contributed by atoms with Crippen molar-refractivity contribution in [2.24, 2.45) is 0 Å². The molecule has 19 heavy (non-hydrogen) atoms. The standard InChI is InChI=1S/C13H21N3O3/c1-4-14-10-8-7-9(13(17)18)12(19-16-6-3)11(10)15-5-2/h7-8,14-16H,4-6H2,1-3H3,(H,17,18). The second-order valence-electron chi connectivity index (χ2n) is 3.83. The highest BCUT2D eigenvalue weighted by Gasteiger charge is 2.19. The summed E-state index contributed by atoms with van der Waals surface area (Å²) in [6.07, 6.45) is 0. The molecule has 1 aromatic carbocycles. The largest absolute Gasteiger partial charge is 0.478 e. The first-order chi connectivity index (χ1) is 9.15. The summed E-state index contributed by atoms with van der Waals surface area (Å²) < 4.78 is 0. The number of hydrogen-bond donors (Lipinski definition) is 4. The molecule has 4 N–H and O–H groups in total. The van der Waals surface area contributed by atoms with Gasteiger partial charge in [0.2, 0.25) is 0 Å². The van der Waals surface area contributed by atoms with E-state index in [-0.39, 0.29) is 5.56 Å². The van der Waals surface area contributed by atoms with Gasteiger partial charge in [0.15, 0.2) is 5.75 Å². The van der Waals surface area contributed by atoms with Crippen molar-refractivity contribution in [2.75, 3.05) is 30.3 Å². The molecule has 0 amide bonds. The monoisotopic (exact) mass is 267 g/mol. The van der Waals surface area contributed by atoms with Gasteiger partial charge in [0.25, 0.3) is 0 Å². The van der Waals surface area contributed by atoms with Gasteiger partial charge < -0.3 is 20.6 Å². The quantitative estimate of drug-likeness (QED) is 0.540. The van der Waals surface area contributed by atoms with E-state index in [1.807, 2.05) is 20.8 Å². The van der Waals surface area contributed by atoms with E-state index in [0.29, 0.717) is 24.5 Å². The Morgan fingerprint density at radius 2 is 1.84 bits per heavy atom. The Labute approximate surface area is 113 Å². The Balaban J connectivity index is 3.28. The Kier molecular flexibility index (Phi) is 5.95. The van der Waals surface area contributed by atoms with E-state index < -0.39 is 5.97 Å². The van der Waals surface area contributed by atoms with Crippen LogP contribution in [-0.4, -0.2) is 30.7 Å². The number of carboxylic acids is 1. The maximum atomic E-state index is 11.3. The zero-order chi connectivity index (χ0) is 14.3. The van der Waals surface area contributed by atoms with Gasteiger partial charge in [-0.1, -0.05) is 0 Å². The summed E-state index contributed by atoms with van der Waals surface area (Å²) in [5.74, 6) is -0.718. The summed E-state index contributed by atoms with van der Waals surface area (Å²) >= 11 is 0. The van der Waals surface area contributed by atoms with Crippen molar-refractivity contribution in [1.82, 2.24) is 5.48 Å². The Morgan fingerprint density at radius 3 is 2.37 bits per heavy atom. The third-order valence-corrected chi connectivity index (χ3v) is 2.43. The van der Waals surface area contributed by atoms with Crippen LogP contribution in [0.25, 0.3) is 0 Å². The maximum absolute atomic E-state index is 11.3. The Bertz CT molecular complexity index is 435. The number of anilines is 2. The fourth-order valence-corrected chi connectivity index (χ4v) is 1.69. The van der Waals surface area contributed by atoms with Gasteiger partial charge in [-0.05, 0) is 32.9 Å². The van der Waals surface area contributed by atoms with Gasteiger partial charge in [-0.3, -0.25) is 0 Å². The van der Waals surface area contributed by atoms with Gasteiger partial charge in [-0.2, -0.15) is 5.48 Å². The number of aromatic carboxylic acids is 1. The first-order valence-corrected chi connectivity index (χ1v) is 6.43. The van der Waals surface area contributed by atoms with Crippen molar-refractivity contribution in [3.8, 4) is 5.75 Å². The summed E-state index contributed by atoms with van der Waals surface area (Å²) in [5.41, 5.74) is 4.30. The number of rotatable bonds is 8. The highest BCUT2D eigenvalue weighted by molar-refractivity contribution is 5.96. The molecule has 0 aliphatic carbocycles. The van der Waals surface area contributed by atoms with Gasteiger partial charge in [0.05, 0.1) is 5.69 Å². The summed E-state index contributed by atoms with van der Waals surface area (Å²) in [6.45, 7) is 7.79. The second kappa shape index (κ2) is 7.48. The van der Waals surface area contributed by atoms with Crippen molar-refractivity contribution in [3.05, 3.63) is 17.7 Å². The summed E-state index contributed by atoms with van der Waals surface area (Å²) in [4.78, 5) is 16.6. The average molecular weight is 267 g/mol. The third kappa shape index (κ3) is 3.75. The molecule has 0 atom stereocenters. The fourth-order valence-electron chi connectivity index (χ4n) is 1.69. The lowest BCUT2D eigenvalue weighted by atomic mass is 10.1. The molecular formula is C13H21N3O3. The van der Waals surface area contributed by atoms with E-state index in [1.165, 1.54) is 6.07 Å². The van der Waals surface area contributed by atoms with Gasteiger partial charge in [-0.15, -0.1) is 0 Å². The molecule has 6 nitrogen and oxygen atoms in total. The first kappa shape index (κ1) is 15.1. The van der Waals surface area contributed by atoms with Crippen molar-refractivity contribution < 1.29 is 14.7 Å². The molecule has 0 bridgehead atoms. The number of hydrogen-bond acceptors (Lipinski definition) is 5. The number of benzene rings is 1. The van der Waals surface area contributed by atoms with Gasteiger partial charge in [0.1, 0.15) is 11.3 Å². The second-order valence-corrected chi connectivity index (χ2v) is 3.83. The molecule has 0 aromatic heterocycles. The lowest BCUT2D eigenvalue weighted by molar-refractivity contribution is 0.0688. The van der Waals surface area contributed by atoms with Crippen LogP contribution in [0.3, 0.4) is 0 Å². The van der Waals surface area contributed by atoms with Crippen LogP contribution in [0.4, 0.5) is 11.4 Å². The van der Waals surface area contributed by atoms with Gasteiger partial charge in [0, 0.05) is 19.6 Å². The van der Waals surface area contributed by atoms with Crippen molar-refractivity contribution in [3.63, 3.8) is 0 Å². The Morgan fingerprint density at radius 1 is 1.16 bits per heavy atom. The SMILES string of the molecule is CCNOc1c(C(=O)O)ccc(NCC)c1NCC. The molecule has 1 rings (SSSR count). The van der Waals surface area contributed by atoms with Gasteiger partial charge in [-0.25, -0.2) is 4.79 Å². The van der Waals surface area contributed by atoms with E-state index in [2.05, 4.69) is 16.1 Å². The average Bonchev–Trinajstić information content (AvgIpc) is 2.39. The van der Waals surface area contributed by atoms with Crippen LogP contribution in [0.15, 0.2) is 12.1 Å². The summed E-state index contributed by atoms with van der Waals surface area (Å²) in [7, 11) is 0.